The number of nitrogens with two attached hydrogens (primary N) is 1. The summed E-state index contributed by atoms with van der Waals surface area (Å²) in [5, 5.41) is 0. The third kappa shape index (κ3) is 77.0. The van der Waals surface area contributed by atoms with Crippen LogP contribution in [0.2, 0.25) is 0 Å². The Balaban J connectivity index is 0. The molecule has 0 aromatic heterocycles. The van der Waals surface area contributed by atoms with Crippen LogP contribution >= 0.6 is 0 Å². The molecule has 0 saturated carbocycles. The van der Waals surface area contributed by atoms with E-state index in [1.54, 1.807) is 13.8 Å². The van der Waals surface area contributed by atoms with Gasteiger partial charge in [-0.1, -0.05) is 6.92 Å². The van der Waals surface area contributed by atoms with E-state index in [1.807, 2.05) is 0 Å². The number of carbonyl (C=O) groups excluding carboxylic acids is 1. The molecule has 0 atom stereocenters. The molecule has 0 aliphatic carbocycles. The molecule has 0 bridgehead atoms. The first kappa shape index (κ1) is 10.1. The fourth-order valence-corrected chi connectivity index (χ4v) is 0. The van der Waals surface area contributed by atoms with E-state index in [0.29, 0.717) is 6.42 Å². The van der Waals surface area contributed by atoms with Crippen molar-refractivity contribution in [3.05, 3.63) is 0 Å². The van der Waals surface area contributed by atoms with Gasteiger partial charge < -0.3 is 5.73 Å². The molecule has 0 spiro atoms. The molecule has 0 radical (unpaired) electrons. The number of terminal acetylenes is 1. The molecule has 0 rings (SSSR count). The van der Waals surface area contributed by atoms with E-state index in [9.17, 15) is 4.79 Å². The van der Waals surface area contributed by atoms with Gasteiger partial charge in [0.1, 0.15) is 0 Å². The van der Waals surface area contributed by atoms with E-state index >= 15 is 0 Å². The van der Waals surface area contributed by atoms with Crippen LogP contribution in [0.15, 0.2) is 0 Å². The molecular weight excluding hydrogens is 102 g/mol. The van der Waals surface area contributed by atoms with E-state index < -0.39 is 0 Å². The molecular formula is C6H11NO. The quantitative estimate of drug-likeness (QED) is 0.495. The maximum absolute atomic E-state index is 9.59. The Labute approximate surface area is 50.1 Å². The Kier molecular flexibility index (Phi) is 11.9. The first-order valence-corrected chi connectivity index (χ1v) is 2.34. The molecule has 0 aliphatic heterocycles. The second-order valence-electron chi connectivity index (χ2n) is 1.11. The van der Waals surface area contributed by atoms with Crippen LogP contribution in [0.1, 0.15) is 20.3 Å². The number of primary amides is 1. The summed E-state index contributed by atoms with van der Waals surface area (Å²) in [5.41, 5.74) is 4.65. The summed E-state index contributed by atoms with van der Waals surface area (Å²) in [6, 6.07) is 0. The average molecular weight is 113 g/mol. The van der Waals surface area contributed by atoms with Gasteiger partial charge in [-0.3, -0.25) is 4.79 Å². The third-order valence-corrected chi connectivity index (χ3v) is 0.348. The van der Waals surface area contributed by atoms with Crippen molar-refractivity contribution < 1.29 is 4.79 Å². The standard InChI is InChI=1S/C3H7NO.C3H4/c1-2-3(4)5;1-3-2/h2H2,1H3,(H2,4,5);1H,2H3. The van der Waals surface area contributed by atoms with Crippen LogP contribution in [0, 0.1) is 12.3 Å². The van der Waals surface area contributed by atoms with Gasteiger partial charge in [0, 0.05) is 6.42 Å². The van der Waals surface area contributed by atoms with Crippen molar-refractivity contribution in [2.75, 3.05) is 0 Å². The molecule has 0 heterocycles. The third-order valence-electron chi connectivity index (χ3n) is 0.348. The van der Waals surface area contributed by atoms with Crippen LogP contribution in [0.5, 0.6) is 0 Å². The van der Waals surface area contributed by atoms with Gasteiger partial charge >= 0.3 is 0 Å². The van der Waals surface area contributed by atoms with E-state index in [0.717, 1.165) is 0 Å². The minimum absolute atomic E-state index is 0.245. The number of hydrogen-bond donors (Lipinski definition) is 1. The van der Waals surface area contributed by atoms with Crippen molar-refractivity contribution in [3.63, 3.8) is 0 Å². The van der Waals surface area contributed by atoms with E-state index in [4.69, 9.17) is 0 Å². The minimum Gasteiger partial charge on any atom is -0.370 e. The topological polar surface area (TPSA) is 43.1 Å². The van der Waals surface area contributed by atoms with Crippen molar-refractivity contribution in [2.24, 2.45) is 5.73 Å². The number of rotatable bonds is 1. The highest BCUT2D eigenvalue weighted by atomic mass is 16.1. The van der Waals surface area contributed by atoms with Gasteiger partial charge in [0.25, 0.3) is 0 Å². The molecule has 8 heavy (non-hydrogen) atoms. The molecule has 2 heteroatoms. The highest BCUT2D eigenvalue weighted by molar-refractivity contribution is 5.73. The Bertz CT molecular complexity index is 91.2. The van der Waals surface area contributed by atoms with Crippen LogP contribution in [0.4, 0.5) is 0 Å². The summed E-state index contributed by atoms with van der Waals surface area (Å²) in [4.78, 5) is 9.59. The first-order valence-electron chi connectivity index (χ1n) is 2.34. The van der Waals surface area contributed by atoms with Gasteiger partial charge in [-0.2, -0.15) is 0 Å². The number of carbonyl (C=O) groups is 1. The van der Waals surface area contributed by atoms with Crippen LogP contribution in [0.3, 0.4) is 0 Å². The van der Waals surface area contributed by atoms with Gasteiger partial charge in [0.2, 0.25) is 5.91 Å². The van der Waals surface area contributed by atoms with Crippen LogP contribution in [-0.2, 0) is 4.79 Å². The van der Waals surface area contributed by atoms with Gasteiger partial charge in [-0.15, -0.1) is 12.3 Å². The van der Waals surface area contributed by atoms with Gasteiger partial charge in [-0.05, 0) is 6.92 Å². The zero-order valence-corrected chi connectivity index (χ0v) is 5.27. The first-order chi connectivity index (χ1) is 3.68. The van der Waals surface area contributed by atoms with Crippen LogP contribution < -0.4 is 5.73 Å². The summed E-state index contributed by atoms with van der Waals surface area (Å²) in [7, 11) is 0. The lowest BCUT2D eigenvalue weighted by atomic mass is 10.5. The average Bonchev–Trinajstić information content (AvgIpc) is 1.69. The van der Waals surface area contributed by atoms with Crippen molar-refractivity contribution in [1.29, 1.82) is 0 Å². The molecule has 0 aliphatic rings. The van der Waals surface area contributed by atoms with Gasteiger partial charge in [0.15, 0.2) is 0 Å². The largest absolute Gasteiger partial charge is 0.370 e. The maximum atomic E-state index is 9.59. The predicted octanol–water partition coefficient (Wildman–Crippen LogP) is 0.521. The second-order valence-corrected chi connectivity index (χ2v) is 1.11. The smallest absolute Gasteiger partial charge is 0.217 e. The van der Waals surface area contributed by atoms with Crippen molar-refractivity contribution in [3.8, 4) is 12.3 Å². The van der Waals surface area contributed by atoms with Gasteiger partial charge in [-0.25, -0.2) is 0 Å². The fourth-order valence-electron chi connectivity index (χ4n) is 0. The number of hydrogen-bond acceptors (Lipinski definition) is 1. The Hall–Kier alpha value is -0.970. The van der Waals surface area contributed by atoms with Crippen LogP contribution in [-0.4, -0.2) is 5.91 Å². The zero-order valence-electron chi connectivity index (χ0n) is 5.27. The summed E-state index contributed by atoms with van der Waals surface area (Å²) in [6.45, 7) is 3.38. The molecule has 0 saturated heterocycles. The lowest BCUT2D eigenvalue weighted by Crippen LogP contribution is -2.06. The van der Waals surface area contributed by atoms with E-state index in [2.05, 4.69) is 18.1 Å². The molecule has 0 aromatic carbocycles. The minimum atomic E-state index is -0.245. The second kappa shape index (κ2) is 9.39. The monoisotopic (exact) mass is 113 g/mol. The molecule has 0 aromatic rings. The number of amides is 1. The Morgan fingerprint density at radius 2 is 2.00 bits per heavy atom. The highest BCUT2D eigenvalue weighted by Crippen LogP contribution is 1.63. The lowest BCUT2D eigenvalue weighted by Gasteiger charge is -1.73. The molecule has 2 N–H and O–H groups in total. The van der Waals surface area contributed by atoms with Gasteiger partial charge in [0.05, 0.1) is 0 Å². The van der Waals surface area contributed by atoms with Crippen molar-refractivity contribution >= 4 is 5.91 Å². The fraction of sp³-hybridized carbons (Fsp3) is 0.500. The summed E-state index contributed by atoms with van der Waals surface area (Å²) >= 11 is 0. The molecule has 46 valence electrons. The van der Waals surface area contributed by atoms with Crippen molar-refractivity contribution in [1.82, 2.24) is 0 Å². The molecule has 1 amide bonds. The molecule has 2 nitrogen and oxygen atoms in total. The highest BCUT2D eigenvalue weighted by Gasteiger charge is 1.77. The molecule has 0 fully saturated rings. The van der Waals surface area contributed by atoms with Crippen molar-refractivity contribution in [2.45, 2.75) is 20.3 Å². The summed E-state index contributed by atoms with van der Waals surface area (Å²) in [5.74, 6) is 2.00. The Morgan fingerprint density at radius 1 is 1.88 bits per heavy atom. The SMILES string of the molecule is C#CC.CCC(N)=O. The zero-order chi connectivity index (χ0) is 6.99. The maximum Gasteiger partial charge on any atom is 0.217 e. The Morgan fingerprint density at radius 3 is 2.00 bits per heavy atom. The summed E-state index contributed by atoms with van der Waals surface area (Å²) < 4.78 is 0. The van der Waals surface area contributed by atoms with Crippen LogP contribution in [0.25, 0.3) is 0 Å². The predicted molar refractivity (Wildman–Crippen MR) is 34.0 cm³/mol. The summed E-state index contributed by atoms with van der Waals surface area (Å²) in [6.07, 6.45) is 5.04. The van der Waals surface area contributed by atoms with E-state index in [-0.39, 0.29) is 5.91 Å². The lowest BCUT2D eigenvalue weighted by molar-refractivity contribution is -0.117. The normalized spacial score (nSPS) is 5.62. The van der Waals surface area contributed by atoms with E-state index in [1.165, 1.54) is 0 Å². The molecule has 0 unspecified atom stereocenters.